The van der Waals surface area contributed by atoms with Gasteiger partial charge in [-0.15, -0.1) is 0 Å². The van der Waals surface area contributed by atoms with E-state index in [0.717, 1.165) is 5.56 Å². The Kier molecular flexibility index (Phi) is 4.73. The zero-order valence-corrected chi connectivity index (χ0v) is 12.9. The van der Waals surface area contributed by atoms with Crippen LogP contribution in [-0.4, -0.2) is 16.0 Å². The lowest BCUT2D eigenvalue weighted by atomic mass is 10.2. The standard InChI is InChI=1S/C16H14ClN3O3/c17-12-4-1-3-11(9-12)10-18-14(21)6-7-15-19-16(20-23-15)13-5-2-8-22-13/h1-5,8-9H,6-7,10H2,(H,18,21). The molecule has 0 atom stereocenters. The van der Waals surface area contributed by atoms with Gasteiger partial charge in [0.25, 0.3) is 0 Å². The molecule has 7 heteroatoms. The molecule has 6 nitrogen and oxygen atoms in total. The SMILES string of the molecule is O=C(CCc1nc(-c2ccco2)no1)NCc1cccc(Cl)c1. The first-order valence-electron chi connectivity index (χ1n) is 7.08. The second-order valence-corrected chi connectivity index (χ2v) is 5.33. The molecule has 0 fully saturated rings. The Balaban J connectivity index is 1.47. The third-order valence-electron chi connectivity index (χ3n) is 3.15. The lowest BCUT2D eigenvalue weighted by Crippen LogP contribution is -2.23. The van der Waals surface area contributed by atoms with E-state index in [9.17, 15) is 4.79 Å². The maximum atomic E-state index is 11.9. The Hall–Kier alpha value is -2.60. The van der Waals surface area contributed by atoms with E-state index in [1.807, 2.05) is 18.2 Å². The number of carbonyl (C=O) groups excluding carboxylic acids is 1. The summed E-state index contributed by atoms with van der Waals surface area (Å²) in [6.07, 6.45) is 2.17. The maximum absolute atomic E-state index is 11.9. The van der Waals surface area contributed by atoms with E-state index in [2.05, 4.69) is 15.5 Å². The predicted molar refractivity (Wildman–Crippen MR) is 83.6 cm³/mol. The molecule has 2 aromatic heterocycles. The van der Waals surface area contributed by atoms with Crippen molar-refractivity contribution >= 4 is 17.5 Å². The molecule has 1 N–H and O–H groups in total. The average Bonchev–Trinajstić information content (AvgIpc) is 3.22. The van der Waals surface area contributed by atoms with Crippen LogP contribution >= 0.6 is 11.6 Å². The molecule has 0 saturated heterocycles. The summed E-state index contributed by atoms with van der Waals surface area (Å²) >= 11 is 5.90. The molecule has 0 spiro atoms. The molecular weight excluding hydrogens is 318 g/mol. The van der Waals surface area contributed by atoms with Crippen LogP contribution in [0.5, 0.6) is 0 Å². The number of rotatable bonds is 6. The molecule has 0 aliphatic heterocycles. The largest absolute Gasteiger partial charge is 0.461 e. The van der Waals surface area contributed by atoms with Crippen molar-refractivity contribution in [1.82, 2.24) is 15.5 Å². The van der Waals surface area contributed by atoms with Gasteiger partial charge in [0.05, 0.1) is 6.26 Å². The summed E-state index contributed by atoms with van der Waals surface area (Å²) in [6.45, 7) is 0.431. The molecule has 0 radical (unpaired) electrons. The Morgan fingerprint density at radius 3 is 2.96 bits per heavy atom. The molecular formula is C16H14ClN3O3. The monoisotopic (exact) mass is 331 g/mol. The molecule has 1 aromatic carbocycles. The summed E-state index contributed by atoms with van der Waals surface area (Å²) in [4.78, 5) is 16.0. The number of aromatic nitrogens is 2. The fourth-order valence-electron chi connectivity index (χ4n) is 2.02. The number of nitrogens with zero attached hydrogens (tertiary/aromatic N) is 2. The average molecular weight is 332 g/mol. The third-order valence-corrected chi connectivity index (χ3v) is 3.39. The lowest BCUT2D eigenvalue weighted by Gasteiger charge is -2.04. The van der Waals surface area contributed by atoms with Gasteiger partial charge in [0, 0.05) is 24.4 Å². The summed E-state index contributed by atoms with van der Waals surface area (Å²) < 4.78 is 10.3. The molecule has 3 rings (SSSR count). The van der Waals surface area contributed by atoms with Crippen LogP contribution in [0.4, 0.5) is 0 Å². The van der Waals surface area contributed by atoms with Gasteiger partial charge in [-0.3, -0.25) is 4.79 Å². The molecule has 0 unspecified atom stereocenters. The van der Waals surface area contributed by atoms with Gasteiger partial charge in [-0.05, 0) is 29.8 Å². The Morgan fingerprint density at radius 1 is 1.26 bits per heavy atom. The fourth-order valence-corrected chi connectivity index (χ4v) is 2.23. The first-order chi connectivity index (χ1) is 11.2. The Bertz CT molecular complexity index is 783. The van der Waals surface area contributed by atoms with Gasteiger partial charge in [-0.2, -0.15) is 4.98 Å². The minimum Gasteiger partial charge on any atom is -0.461 e. The van der Waals surface area contributed by atoms with Crippen molar-refractivity contribution in [2.75, 3.05) is 0 Å². The molecule has 2 heterocycles. The second-order valence-electron chi connectivity index (χ2n) is 4.90. The van der Waals surface area contributed by atoms with Crippen LogP contribution in [0.1, 0.15) is 17.9 Å². The van der Waals surface area contributed by atoms with Crippen molar-refractivity contribution in [2.45, 2.75) is 19.4 Å². The first kappa shape index (κ1) is 15.3. The first-order valence-corrected chi connectivity index (χ1v) is 7.46. The Morgan fingerprint density at radius 2 is 2.17 bits per heavy atom. The number of halogens is 1. The molecule has 118 valence electrons. The summed E-state index contributed by atoms with van der Waals surface area (Å²) in [5.41, 5.74) is 0.948. The maximum Gasteiger partial charge on any atom is 0.238 e. The molecule has 3 aromatic rings. The highest BCUT2D eigenvalue weighted by Gasteiger charge is 2.12. The molecule has 0 bridgehead atoms. The van der Waals surface area contributed by atoms with Crippen molar-refractivity contribution in [1.29, 1.82) is 0 Å². The quantitative estimate of drug-likeness (QED) is 0.750. The number of benzene rings is 1. The zero-order chi connectivity index (χ0) is 16.1. The van der Waals surface area contributed by atoms with Gasteiger partial charge in [-0.25, -0.2) is 0 Å². The topological polar surface area (TPSA) is 81.2 Å². The zero-order valence-electron chi connectivity index (χ0n) is 12.2. The minimum absolute atomic E-state index is 0.0947. The van der Waals surface area contributed by atoms with E-state index in [4.69, 9.17) is 20.5 Å². The van der Waals surface area contributed by atoms with E-state index < -0.39 is 0 Å². The van der Waals surface area contributed by atoms with E-state index in [-0.39, 0.29) is 12.3 Å². The van der Waals surface area contributed by atoms with Gasteiger partial charge in [0.15, 0.2) is 5.76 Å². The number of hydrogen-bond donors (Lipinski definition) is 1. The van der Waals surface area contributed by atoms with Crippen LogP contribution in [-0.2, 0) is 17.8 Å². The van der Waals surface area contributed by atoms with Crippen molar-refractivity contribution in [2.24, 2.45) is 0 Å². The fraction of sp³-hybridized carbons (Fsp3) is 0.188. The van der Waals surface area contributed by atoms with Crippen LogP contribution in [0.3, 0.4) is 0 Å². The molecule has 0 aliphatic rings. The van der Waals surface area contributed by atoms with Crippen molar-refractivity contribution in [3.63, 3.8) is 0 Å². The summed E-state index contributed by atoms with van der Waals surface area (Å²) in [6, 6.07) is 10.8. The van der Waals surface area contributed by atoms with E-state index in [1.54, 1.807) is 18.2 Å². The van der Waals surface area contributed by atoms with Crippen LogP contribution in [0.25, 0.3) is 11.6 Å². The van der Waals surface area contributed by atoms with Gasteiger partial charge >= 0.3 is 0 Å². The lowest BCUT2D eigenvalue weighted by molar-refractivity contribution is -0.121. The number of amides is 1. The Labute approximate surface area is 137 Å². The van der Waals surface area contributed by atoms with Crippen LogP contribution in [0, 0.1) is 0 Å². The van der Waals surface area contributed by atoms with E-state index in [0.29, 0.717) is 35.5 Å². The minimum atomic E-state index is -0.0947. The summed E-state index contributed by atoms with van der Waals surface area (Å²) in [5.74, 6) is 1.21. The number of carbonyl (C=O) groups is 1. The smallest absolute Gasteiger partial charge is 0.238 e. The number of nitrogens with one attached hydrogen (secondary N) is 1. The molecule has 0 aliphatic carbocycles. The highest BCUT2D eigenvalue weighted by atomic mass is 35.5. The normalized spacial score (nSPS) is 10.7. The van der Waals surface area contributed by atoms with Crippen molar-refractivity contribution in [3.05, 3.63) is 59.1 Å². The van der Waals surface area contributed by atoms with Crippen molar-refractivity contribution in [3.8, 4) is 11.6 Å². The summed E-state index contributed by atoms with van der Waals surface area (Å²) in [7, 11) is 0. The highest BCUT2D eigenvalue weighted by Crippen LogP contribution is 2.16. The number of furan rings is 1. The third kappa shape index (κ3) is 4.20. The molecule has 23 heavy (non-hydrogen) atoms. The van der Waals surface area contributed by atoms with Gasteiger partial charge < -0.3 is 14.3 Å². The van der Waals surface area contributed by atoms with Crippen molar-refractivity contribution < 1.29 is 13.7 Å². The molecule has 1 amide bonds. The van der Waals surface area contributed by atoms with Gasteiger partial charge in [0.1, 0.15) is 0 Å². The van der Waals surface area contributed by atoms with Crippen LogP contribution in [0.2, 0.25) is 5.02 Å². The predicted octanol–water partition coefficient (Wildman–Crippen LogP) is 3.23. The van der Waals surface area contributed by atoms with E-state index >= 15 is 0 Å². The number of aryl methyl sites for hydroxylation is 1. The van der Waals surface area contributed by atoms with Crippen LogP contribution < -0.4 is 5.32 Å². The van der Waals surface area contributed by atoms with Crippen LogP contribution in [0.15, 0.2) is 51.6 Å². The molecule has 0 saturated carbocycles. The highest BCUT2D eigenvalue weighted by molar-refractivity contribution is 6.30. The second kappa shape index (κ2) is 7.11. The number of hydrogen-bond acceptors (Lipinski definition) is 5. The summed E-state index contributed by atoms with van der Waals surface area (Å²) in [5, 5.41) is 7.28. The van der Waals surface area contributed by atoms with Gasteiger partial charge in [-0.1, -0.05) is 28.9 Å². The van der Waals surface area contributed by atoms with Gasteiger partial charge in [0.2, 0.25) is 17.6 Å². The van der Waals surface area contributed by atoms with E-state index in [1.165, 1.54) is 6.26 Å².